The molecule has 1 saturated heterocycles. The van der Waals surface area contributed by atoms with Gasteiger partial charge in [0.25, 0.3) is 0 Å². The Bertz CT molecular complexity index is 522. The SMILES string of the molecule is CC1(CNc2ncccc2S(C)(=O)=O)CCCO1. The Labute approximate surface area is 107 Å². The van der Waals surface area contributed by atoms with E-state index in [4.69, 9.17) is 4.74 Å². The summed E-state index contributed by atoms with van der Waals surface area (Å²) in [5.74, 6) is 0.400. The number of hydrogen-bond donors (Lipinski definition) is 1. The van der Waals surface area contributed by atoms with Crippen LogP contribution in [0.15, 0.2) is 23.2 Å². The molecule has 0 amide bonds. The van der Waals surface area contributed by atoms with Crippen LogP contribution < -0.4 is 5.32 Å². The van der Waals surface area contributed by atoms with Crippen LogP contribution in [-0.4, -0.2) is 38.4 Å². The summed E-state index contributed by atoms with van der Waals surface area (Å²) in [6.45, 7) is 3.35. The van der Waals surface area contributed by atoms with Crippen molar-refractivity contribution in [3.05, 3.63) is 18.3 Å². The molecule has 100 valence electrons. The van der Waals surface area contributed by atoms with Crippen LogP contribution >= 0.6 is 0 Å². The number of nitrogens with zero attached hydrogens (tertiary/aromatic N) is 1. The number of sulfone groups is 1. The Morgan fingerprint density at radius 1 is 1.56 bits per heavy atom. The summed E-state index contributed by atoms with van der Waals surface area (Å²) in [4.78, 5) is 4.32. The molecule has 1 N–H and O–H groups in total. The Balaban J connectivity index is 2.15. The van der Waals surface area contributed by atoms with Crippen molar-refractivity contribution in [2.45, 2.75) is 30.3 Å². The second-order valence-corrected chi connectivity index (χ2v) is 6.86. The fourth-order valence-corrected chi connectivity index (χ4v) is 2.87. The van der Waals surface area contributed by atoms with Gasteiger partial charge in [0, 0.05) is 25.6 Å². The maximum Gasteiger partial charge on any atom is 0.179 e. The number of pyridine rings is 1. The summed E-state index contributed by atoms with van der Waals surface area (Å²) in [6, 6.07) is 3.18. The van der Waals surface area contributed by atoms with E-state index in [0.29, 0.717) is 12.4 Å². The maximum absolute atomic E-state index is 11.6. The monoisotopic (exact) mass is 270 g/mol. The van der Waals surface area contributed by atoms with Crippen molar-refractivity contribution in [2.24, 2.45) is 0 Å². The summed E-state index contributed by atoms with van der Waals surface area (Å²) < 4.78 is 28.9. The highest BCUT2D eigenvalue weighted by atomic mass is 32.2. The third-order valence-corrected chi connectivity index (χ3v) is 4.23. The molecule has 1 aromatic rings. The lowest BCUT2D eigenvalue weighted by molar-refractivity contribution is 0.0314. The fraction of sp³-hybridized carbons (Fsp3) is 0.583. The molecular formula is C12H18N2O3S. The molecule has 0 spiro atoms. The number of ether oxygens (including phenoxy) is 1. The number of nitrogens with one attached hydrogen (secondary N) is 1. The molecule has 5 nitrogen and oxygen atoms in total. The summed E-state index contributed by atoms with van der Waals surface area (Å²) in [6.07, 6.45) is 4.78. The van der Waals surface area contributed by atoms with E-state index < -0.39 is 9.84 Å². The predicted octanol–water partition coefficient (Wildman–Crippen LogP) is 1.47. The van der Waals surface area contributed by atoms with Crippen LogP contribution in [0.3, 0.4) is 0 Å². The van der Waals surface area contributed by atoms with Crippen molar-refractivity contribution in [2.75, 3.05) is 24.7 Å². The minimum atomic E-state index is -3.26. The summed E-state index contributed by atoms with van der Waals surface area (Å²) >= 11 is 0. The highest BCUT2D eigenvalue weighted by Gasteiger charge is 2.30. The second-order valence-electron chi connectivity index (χ2n) is 4.88. The van der Waals surface area contributed by atoms with Crippen LogP contribution in [0.25, 0.3) is 0 Å². The van der Waals surface area contributed by atoms with Crippen LogP contribution in [0.1, 0.15) is 19.8 Å². The van der Waals surface area contributed by atoms with Crippen LogP contribution in [0.5, 0.6) is 0 Å². The van der Waals surface area contributed by atoms with Gasteiger partial charge in [-0.25, -0.2) is 13.4 Å². The highest BCUT2D eigenvalue weighted by molar-refractivity contribution is 7.90. The standard InChI is InChI=1S/C12H18N2O3S/c1-12(6-4-8-17-12)9-14-11-10(18(2,15)16)5-3-7-13-11/h3,5,7H,4,6,8-9H2,1-2H3,(H,13,14). The highest BCUT2D eigenvalue weighted by Crippen LogP contribution is 2.26. The van der Waals surface area contributed by atoms with Crippen LogP contribution in [-0.2, 0) is 14.6 Å². The minimum absolute atomic E-state index is 0.228. The van der Waals surface area contributed by atoms with Crippen molar-refractivity contribution in [3.63, 3.8) is 0 Å². The first-order chi connectivity index (χ1) is 8.41. The van der Waals surface area contributed by atoms with Crippen molar-refractivity contribution < 1.29 is 13.2 Å². The number of anilines is 1. The van der Waals surface area contributed by atoms with E-state index >= 15 is 0 Å². The first-order valence-electron chi connectivity index (χ1n) is 5.94. The van der Waals surface area contributed by atoms with E-state index in [0.717, 1.165) is 19.4 Å². The normalized spacial score (nSPS) is 24.1. The smallest absolute Gasteiger partial charge is 0.179 e. The van der Waals surface area contributed by atoms with Gasteiger partial charge >= 0.3 is 0 Å². The zero-order valence-corrected chi connectivity index (χ0v) is 11.5. The Morgan fingerprint density at radius 2 is 2.33 bits per heavy atom. The van der Waals surface area contributed by atoms with Crippen molar-refractivity contribution in [1.29, 1.82) is 0 Å². The van der Waals surface area contributed by atoms with Crippen LogP contribution in [0.4, 0.5) is 5.82 Å². The summed E-state index contributed by atoms with van der Waals surface area (Å²) in [7, 11) is -3.26. The van der Waals surface area contributed by atoms with Gasteiger partial charge in [0.05, 0.1) is 5.60 Å². The molecule has 0 aromatic carbocycles. The molecule has 0 aliphatic carbocycles. The first kappa shape index (κ1) is 13.3. The Hall–Kier alpha value is -1.14. The number of rotatable bonds is 4. The fourth-order valence-electron chi connectivity index (χ4n) is 2.07. The lowest BCUT2D eigenvalue weighted by Crippen LogP contribution is -2.33. The molecule has 2 heterocycles. The zero-order chi connectivity index (χ0) is 13.2. The van der Waals surface area contributed by atoms with Gasteiger partial charge in [-0.15, -0.1) is 0 Å². The summed E-state index contributed by atoms with van der Waals surface area (Å²) in [5, 5.41) is 3.09. The van der Waals surface area contributed by atoms with Crippen LogP contribution in [0, 0.1) is 0 Å². The van der Waals surface area contributed by atoms with Crippen molar-refractivity contribution >= 4 is 15.7 Å². The van der Waals surface area contributed by atoms with Gasteiger partial charge in [-0.1, -0.05) is 0 Å². The number of hydrogen-bond acceptors (Lipinski definition) is 5. The molecule has 0 bridgehead atoms. The molecule has 1 atom stereocenters. The van der Waals surface area contributed by atoms with E-state index in [2.05, 4.69) is 10.3 Å². The van der Waals surface area contributed by atoms with E-state index in [1.807, 2.05) is 6.92 Å². The van der Waals surface area contributed by atoms with Gasteiger partial charge < -0.3 is 10.1 Å². The van der Waals surface area contributed by atoms with E-state index in [1.54, 1.807) is 18.3 Å². The molecular weight excluding hydrogens is 252 g/mol. The van der Waals surface area contributed by atoms with Gasteiger partial charge in [0.1, 0.15) is 10.7 Å². The Kier molecular flexibility index (Phi) is 3.59. The largest absolute Gasteiger partial charge is 0.373 e. The van der Waals surface area contributed by atoms with Crippen molar-refractivity contribution in [1.82, 2.24) is 4.98 Å². The third kappa shape index (κ3) is 3.00. The predicted molar refractivity (Wildman–Crippen MR) is 69.4 cm³/mol. The van der Waals surface area contributed by atoms with Gasteiger partial charge in [-0.05, 0) is 31.9 Å². The van der Waals surface area contributed by atoms with Gasteiger partial charge in [-0.3, -0.25) is 0 Å². The molecule has 6 heteroatoms. The molecule has 1 aliphatic heterocycles. The average Bonchev–Trinajstić information content (AvgIpc) is 2.73. The maximum atomic E-state index is 11.6. The molecule has 2 rings (SSSR count). The van der Waals surface area contributed by atoms with E-state index in [1.165, 1.54) is 6.26 Å². The molecule has 0 saturated carbocycles. The van der Waals surface area contributed by atoms with Crippen LogP contribution in [0.2, 0.25) is 0 Å². The number of aromatic nitrogens is 1. The molecule has 1 unspecified atom stereocenters. The second kappa shape index (κ2) is 4.85. The quantitative estimate of drug-likeness (QED) is 0.897. The van der Waals surface area contributed by atoms with E-state index in [-0.39, 0.29) is 10.5 Å². The summed E-state index contributed by atoms with van der Waals surface area (Å²) in [5.41, 5.74) is -0.230. The lowest BCUT2D eigenvalue weighted by Gasteiger charge is -2.24. The Morgan fingerprint density at radius 3 is 2.94 bits per heavy atom. The third-order valence-electron chi connectivity index (χ3n) is 3.10. The zero-order valence-electron chi connectivity index (χ0n) is 10.6. The molecule has 18 heavy (non-hydrogen) atoms. The topological polar surface area (TPSA) is 68.3 Å². The average molecular weight is 270 g/mol. The van der Waals surface area contributed by atoms with Gasteiger partial charge in [-0.2, -0.15) is 0 Å². The molecule has 1 aromatic heterocycles. The first-order valence-corrected chi connectivity index (χ1v) is 7.83. The van der Waals surface area contributed by atoms with Crippen molar-refractivity contribution in [3.8, 4) is 0 Å². The molecule has 1 aliphatic rings. The molecule has 0 radical (unpaired) electrons. The minimum Gasteiger partial charge on any atom is -0.373 e. The van der Waals surface area contributed by atoms with E-state index in [9.17, 15) is 8.42 Å². The van der Waals surface area contributed by atoms with Gasteiger partial charge in [0.15, 0.2) is 9.84 Å². The lowest BCUT2D eigenvalue weighted by atomic mass is 10.0. The van der Waals surface area contributed by atoms with Gasteiger partial charge in [0.2, 0.25) is 0 Å². The molecule has 1 fully saturated rings.